The summed E-state index contributed by atoms with van der Waals surface area (Å²) in [6.45, 7) is 9.46. The van der Waals surface area contributed by atoms with Crippen LogP contribution >= 0.6 is 0 Å². The molecule has 1 N–H and O–H groups in total. The molecule has 0 aliphatic carbocycles. The highest BCUT2D eigenvalue weighted by Crippen LogP contribution is 2.39. The Morgan fingerprint density at radius 2 is 1.62 bits per heavy atom. The highest BCUT2D eigenvalue weighted by Gasteiger charge is 2.55. The Morgan fingerprint density at radius 3 is 2.04 bits per heavy atom. The van der Waals surface area contributed by atoms with E-state index in [0.29, 0.717) is 12.8 Å². The second kappa shape index (κ2) is 9.65. The monoisotopic (exact) mass is 344 g/mol. The van der Waals surface area contributed by atoms with E-state index in [0.717, 1.165) is 0 Å². The lowest BCUT2D eigenvalue weighted by Gasteiger charge is -2.51. The third-order valence-electron chi connectivity index (χ3n) is 4.93. The smallest absolute Gasteiger partial charge is 0.186 e. The first-order valence-electron chi connectivity index (χ1n) is 8.17. The van der Waals surface area contributed by atoms with Gasteiger partial charge in [0.25, 0.3) is 0 Å². The van der Waals surface area contributed by atoms with Gasteiger partial charge in [-0.1, -0.05) is 19.1 Å². The van der Waals surface area contributed by atoms with Gasteiger partial charge in [-0.15, -0.1) is 13.2 Å². The third-order valence-corrected chi connectivity index (χ3v) is 4.93. The molecular weight excluding hydrogens is 312 g/mol. The van der Waals surface area contributed by atoms with Crippen LogP contribution in [0.2, 0.25) is 0 Å². The zero-order chi connectivity index (χ0) is 18.3. The van der Waals surface area contributed by atoms with Crippen molar-refractivity contribution in [3.63, 3.8) is 0 Å². The number of methoxy groups -OCH3 is 4. The van der Waals surface area contributed by atoms with Gasteiger partial charge in [-0.25, -0.2) is 0 Å². The molecule has 1 rings (SSSR count). The van der Waals surface area contributed by atoms with E-state index in [-0.39, 0.29) is 5.92 Å². The van der Waals surface area contributed by atoms with Crippen LogP contribution in [-0.4, -0.2) is 69.9 Å². The molecule has 2 unspecified atom stereocenters. The Balaban J connectivity index is 3.27. The van der Waals surface area contributed by atoms with E-state index < -0.39 is 36.3 Å². The SMILES string of the molecule is C=CCCC(O)(C(C)C=C)[C@H]1O[C@H](OC)[C@H](OC)[C@@H](OC)[C@@H]1OC. The molecule has 24 heavy (non-hydrogen) atoms. The molecule has 1 saturated heterocycles. The fourth-order valence-electron chi connectivity index (χ4n) is 3.34. The molecule has 0 saturated carbocycles. The van der Waals surface area contributed by atoms with E-state index >= 15 is 0 Å². The van der Waals surface area contributed by atoms with Crippen molar-refractivity contribution >= 4 is 0 Å². The molecule has 0 spiro atoms. The minimum atomic E-state index is -1.21. The predicted octanol–water partition coefficient (Wildman–Crippen LogP) is 1.92. The predicted molar refractivity (Wildman–Crippen MR) is 91.8 cm³/mol. The number of rotatable bonds is 10. The Bertz CT molecular complexity index is 401. The maximum absolute atomic E-state index is 11.4. The van der Waals surface area contributed by atoms with Crippen molar-refractivity contribution in [3.05, 3.63) is 25.3 Å². The zero-order valence-corrected chi connectivity index (χ0v) is 15.4. The molecule has 0 bridgehead atoms. The fourth-order valence-corrected chi connectivity index (χ4v) is 3.34. The third kappa shape index (κ3) is 4.07. The quantitative estimate of drug-likeness (QED) is 0.611. The van der Waals surface area contributed by atoms with Crippen LogP contribution in [0, 0.1) is 5.92 Å². The Hall–Kier alpha value is -0.760. The van der Waals surface area contributed by atoms with Gasteiger partial charge in [0, 0.05) is 34.4 Å². The maximum Gasteiger partial charge on any atom is 0.186 e. The summed E-state index contributed by atoms with van der Waals surface area (Å²) < 4.78 is 28.2. The van der Waals surface area contributed by atoms with Crippen molar-refractivity contribution in [1.82, 2.24) is 0 Å². The zero-order valence-electron chi connectivity index (χ0n) is 15.4. The van der Waals surface area contributed by atoms with Crippen LogP contribution in [-0.2, 0) is 23.7 Å². The van der Waals surface area contributed by atoms with Gasteiger partial charge in [0.2, 0.25) is 0 Å². The Morgan fingerprint density at radius 1 is 1.04 bits per heavy atom. The lowest BCUT2D eigenvalue weighted by molar-refractivity contribution is -0.333. The van der Waals surface area contributed by atoms with Gasteiger partial charge in [-0.05, 0) is 12.8 Å². The largest absolute Gasteiger partial charge is 0.386 e. The summed E-state index contributed by atoms with van der Waals surface area (Å²) in [4.78, 5) is 0. The molecule has 0 aromatic carbocycles. The lowest BCUT2D eigenvalue weighted by atomic mass is 9.75. The molecule has 1 aliphatic rings. The summed E-state index contributed by atoms with van der Waals surface area (Å²) in [6.07, 6.45) is 1.78. The van der Waals surface area contributed by atoms with Gasteiger partial charge in [-0.3, -0.25) is 0 Å². The van der Waals surface area contributed by atoms with Gasteiger partial charge in [0.05, 0.1) is 5.60 Å². The normalized spacial score (nSPS) is 34.3. The first kappa shape index (κ1) is 21.3. The molecule has 140 valence electrons. The average molecular weight is 344 g/mol. The molecule has 1 aliphatic heterocycles. The van der Waals surface area contributed by atoms with Crippen molar-refractivity contribution < 1.29 is 28.8 Å². The van der Waals surface area contributed by atoms with E-state index in [1.165, 1.54) is 7.11 Å². The topological polar surface area (TPSA) is 66.4 Å². The Kier molecular flexibility index (Phi) is 8.56. The molecule has 6 nitrogen and oxygen atoms in total. The van der Waals surface area contributed by atoms with Gasteiger partial charge in [0.1, 0.15) is 24.4 Å². The molecule has 7 atom stereocenters. The van der Waals surface area contributed by atoms with Crippen LogP contribution in [0.4, 0.5) is 0 Å². The molecule has 0 aromatic rings. The average Bonchev–Trinajstić information content (AvgIpc) is 2.62. The van der Waals surface area contributed by atoms with Crippen molar-refractivity contribution in [2.45, 2.75) is 56.1 Å². The van der Waals surface area contributed by atoms with E-state index in [1.807, 2.05) is 6.92 Å². The van der Waals surface area contributed by atoms with Gasteiger partial charge in [-0.2, -0.15) is 0 Å². The van der Waals surface area contributed by atoms with Crippen molar-refractivity contribution in [3.8, 4) is 0 Å². The lowest BCUT2D eigenvalue weighted by Crippen LogP contribution is -2.67. The minimum absolute atomic E-state index is 0.228. The summed E-state index contributed by atoms with van der Waals surface area (Å²) in [5, 5.41) is 11.4. The van der Waals surface area contributed by atoms with Crippen molar-refractivity contribution in [1.29, 1.82) is 0 Å². The van der Waals surface area contributed by atoms with E-state index in [9.17, 15) is 5.11 Å². The summed E-state index contributed by atoms with van der Waals surface area (Å²) >= 11 is 0. The van der Waals surface area contributed by atoms with Crippen LogP contribution in [0.15, 0.2) is 25.3 Å². The molecule has 1 fully saturated rings. The van der Waals surface area contributed by atoms with Crippen LogP contribution in [0.5, 0.6) is 0 Å². The van der Waals surface area contributed by atoms with E-state index in [4.69, 9.17) is 23.7 Å². The minimum Gasteiger partial charge on any atom is -0.386 e. The summed E-state index contributed by atoms with van der Waals surface area (Å²) in [5.41, 5.74) is -1.21. The molecule has 0 aromatic heterocycles. The second-order valence-electron chi connectivity index (χ2n) is 6.10. The maximum atomic E-state index is 11.4. The van der Waals surface area contributed by atoms with Crippen molar-refractivity contribution in [2.75, 3.05) is 28.4 Å². The summed E-state index contributed by atoms with van der Waals surface area (Å²) in [6, 6.07) is 0. The second-order valence-corrected chi connectivity index (χ2v) is 6.10. The number of hydrogen-bond donors (Lipinski definition) is 1. The fraction of sp³-hybridized carbons (Fsp3) is 0.778. The first-order valence-corrected chi connectivity index (χ1v) is 8.17. The first-order chi connectivity index (χ1) is 11.4. The van der Waals surface area contributed by atoms with Crippen LogP contribution in [0.3, 0.4) is 0 Å². The van der Waals surface area contributed by atoms with Gasteiger partial charge in [0.15, 0.2) is 6.29 Å². The Labute approximate surface area is 145 Å². The van der Waals surface area contributed by atoms with Crippen molar-refractivity contribution in [2.24, 2.45) is 5.92 Å². The number of hydrogen-bond acceptors (Lipinski definition) is 6. The molecule has 0 radical (unpaired) electrons. The molecule has 6 heteroatoms. The molecule has 0 amide bonds. The molecular formula is C18H32O6. The number of ether oxygens (including phenoxy) is 5. The standard InChI is InChI=1S/C18H32O6/c1-8-10-11-18(19,12(3)9-2)16-14(21-5)13(20-4)15(22-6)17(23-7)24-16/h8-9,12-17,19H,1-2,10-11H2,3-7H3/t12?,13-,14-,15+,16-,17-,18?/m0/s1. The highest BCUT2D eigenvalue weighted by atomic mass is 16.7. The highest BCUT2D eigenvalue weighted by molar-refractivity contribution is 5.07. The van der Waals surface area contributed by atoms with Crippen LogP contribution < -0.4 is 0 Å². The summed E-state index contributed by atoms with van der Waals surface area (Å²) in [7, 11) is 6.25. The number of allylic oxidation sites excluding steroid dienone is 1. The van der Waals surface area contributed by atoms with Crippen LogP contribution in [0.25, 0.3) is 0 Å². The van der Waals surface area contributed by atoms with E-state index in [2.05, 4.69) is 13.2 Å². The van der Waals surface area contributed by atoms with Crippen LogP contribution in [0.1, 0.15) is 19.8 Å². The van der Waals surface area contributed by atoms with Gasteiger partial charge >= 0.3 is 0 Å². The molecule has 1 heterocycles. The van der Waals surface area contributed by atoms with E-state index in [1.54, 1.807) is 33.5 Å². The summed E-state index contributed by atoms with van der Waals surface area (Å²) in [5.74, 6) is -0.228. The van der Waals surface area contributed by atoms with Gasteiger partial charge < -0.3 is 28.8 Å². The number of aliphatic hydroxyl groups is 1.